The van der Waals surface area contributed by atoms with Gasteiger partial charge in [0.2, 0.25) is 0 Å². The van der Waals surface area contributed by atoms with Crippen LogP contribution in [-0.4, -0.2) is 57.1 Å². The maximum absolute atomic E-state index is 5.57. The molecule has 33 heavy (non-hydrogen) atoms. The molecule has 0 aliphatic carbocycles. The molecule has 2 aliphatic heterocycles. The third-order valence-electron chi connectivity index (χ3n) is 7.74. The number of nitrogens with one attached hydrogen (secondary N) is 1. The predicted molar refractivity (Wildman–Crippen MR) is 132 cm³/mol. The fraction of sp³-hybridized carbons (Fsp3) is 0.481. The number of piperidine rings is 1. The van der Waals surface area contributed by atoms with Crippen molar-refractivity contribution >= 4 is 16.4 Å². The first-order valence-electron chi connectivity index (χ1n) is 12.4. The summed E-state index contributed by atoms with van der Waals surface area (Å²) in [4.78, 5) is 6.44. The van der Waals surface area contributed by atoms with E-state index in [0.29, 0.717) is 11.8 Å². The highest BCUT2D eigenvalue weighted by Gasteiger charge is 2.27. The highest BCUT2D eigenvalue weighted by atomic mass is 16.5. The maximum atomic E-state index is 5.57. The molecule has 0 bridgehead atoms. The van der Waals surface area contributed by atoms with E-state index in [4.69, 9.17) is 4.74 Å². The van der Waals surface area contributed by atoms with Gasteiger partial charge >= 0.3 is 0 Å². The van der Waals surface area contributed by atoms with Crippen LogP contribution in [0.2, 0.25) is 0 Å². The summed E-state index contributed by atoms with van der Waals surface area (Å²) in [6.45, 7) is 8.87. The summed E-state index contributed by atoms with van der Waals surface area (Å²) in [7, 11) is 0. The van der Waals surface area contributed by atoms with Gasteiger partial charge in [0.15, 0.2) is 0 Å². The zero-order valence-corrected chi connectivity index (χ0v) is 19.6. The second-order valence-electron chi connectivity index (χ2n) is 10.0. The van der Waals surface area contributed by atoms with Crippen molar-refractivity contribution in [2.45, 2.75) is 57.4 Å². The molecule has 5 heterocycles. The number of likely N-dealkylation sites (tertiary alicyclic amines) is 1. The summed E-state index contributed by atoms with van der Waals surface area (Å²) < 4.78 is 7.38. The first-order chi connectivity index (χ1) is 16.2. The Hall–Kier alpha value is -2.70. The summed E-state index contributed by atoms with van der Waals surface area (Å²) in [5, 5.41) is 9.50. The van der Waals surface area contributed by atoms with Gasteiger partial charge in [-0.25, -0.2) is 4.52 Å². The van der Waals surface area contributed by atoms with Gasteiger partial charge in [0.05, 0.1) is 17.4 Å². The Bertz CT molecular complexity index is 1260. The van der Waals surface area contributed by atoms with E-state index in [1.165, 1.54) is 72.1 Å². The molecule has 0 radical (unpaired) electrons. The number of pyridine rings is 1. The molecule has 3 aromatic heterocycles. The van der Waals surface area contributed by atoms with Gasteiger partial charge in [-0.15, -0.1) is 5.10 Å². The van der Waals surface area contributed by atoms with E-state index in [0.717, 1.165) is 24.8 Å². The molecule has 6 rings (SSSR count). The highest BCUT2D eigenvalue weighted by Crippen LogP contribution is 2.38. The molecule has 0 saturated carbocycles. The van der Waals surface area contributed by atoms with Crippen molar-refractivity contribution in [1.29, 1.82) is 0 Å². The maximum Gasteiger partial charge on any atom is 0.0871 e. The van der Waals surface area contributed by atoms with Crippen molar-refractivity contribution in [2.24, 2.45) is 0 Å². The summed E-state index contributed by atoms with van der Waals surface area (Å²) >= 11 is 0. The number of benzene rings is 1. The molecule has 4 aromatic rings. The standard InChI is InChI=1S/C27H33N5O/c1-18(2)26-24-16-20(19-5-10-31(11-6-19)22-8-13-33-14-9-22)3-4-25(24)29-27(26)21-7-12-32-23(15-21)17-28-30-32/h3-4,7,12,15-19,22,29H,5-6,8-11,13-14H2,1-2H3. The van der Waals surface area contributed by atoms with E-state index in [9.17, 15) is 0 Å². The largest absolute Gasteiger partial charge is 0.381 e. The summed E-state index contributed by atoms with van der Waals surface area (Å²) in [6.07, 6.45) is 8.70. The van der Waals surface area contributed by atoms with Gasteiger partial charge in [-0.1, -0.05) is 25.1 Å². The number of hydrogen-bond donors (Lipinski definition) is 1. The number of ether oxygens (including phenoxy) is 1. The van der Waals surface area contributed by atoms with Gasteiger partial charge in [-0.3, -0.25) is 0 Å². The lowest BCUT2D eigenvalue weighted by molar-refractivity contribution is 0.0252. The SMILES string of the molecule is CC(C)c1c(-c2ccn3nncc3c2)[nH]c2ccc(C3CCN(C4CCOCC4)CC3)cc12. The second-order valence-corrected chi connectivity index (χ2v) is 10.0. The first-order valence-corrected chi connectivity index (χ1v) is 12.4. The molecule has 0 amide bonds. The van der Waals surface area contributed by atoms with Crippen molar-refractivity contribution in [3.63, 3.8) is 0 Å². The van der Waals surface area contributed by atoms with Gasteiger partial charge in [0, 0.05) is 41.9 Å². The number of hydrogen-bond acceptors (Lipinski definition) is 4. The quantitative estimate of drug-likeness (QED) is 0.461. The van der Waals surface area contributed by atoms with E-state index >= 15 is 0 Å². The van der Waals surface area contributed by atoms with Crippen LogP contribution in [0.5, 0.6) is 0 Å². The van der Waals surface area contributed by atoms with Crippen LogP contribution in [-0.2, 0) is 4.74 Å². The predicted octanol–water partition coefficient (Wildman–Crippen LogP) is 5.36. The van der Waals surface area contributed by atoms with Crippen molar-refractivity contribution in [1.82, 2.24) is 24.7 Å². The summed E-state index contributed by atoms with van der Waals surface area (Å²) in [5.41, 5.74) is 7.55. The average molecular weight is 444 g/mol. The Morgan fingerprint density at radius 1 is 1.03 bits per heavy atom. The van der Waals surface area contributed by atoms with Gasteiger partial charge < -0.3 is 14.6 Å². The average Bonchev–Trinajstić information content (AvgIpc) is 3.48. The summed E-state index contributed by atoms with van der Waals surface area (Å²) in [6, 6.07) is 12.1. The number of aromatic amines is 1. The minimum atomic E-state index is 0.429. The number of H-pyrrole nitrogens is 1. The van der Waals surface area contributed by atoms with Crippen LogP contribution in [0.1, 0.15) is 62.5 Å². The van der Waals surface area contributed by atoms with Crippen LogP contribution in [0.25, 0.3) is 27.7 Å². The molecule has 1 aromatic carbocycles. The highest BCUT2D eigenvalue weighted by molar-refractivity contribution is 5.92. The third-order valence-corrected chi connectivity index (χ3v) is 7.74. The van der Waals surface area contributed by atoms with Crippen molar-refractivity contribution in [3.05, 3.63) is 53.9 Å². The number of aromatic nitrogens is 4. The van der Waals surface area contributed by atoms with E-state index < -0.39 is 0 Å². The first kappa shape index (κ1) is 20.9. The molecule has 0 atom stereocenters. The zero-order valence-electron chi connectivity index (χ0n) is 19.6. The van der Waals surface area contributed by atoms with Crippen molar-refractivity contribution in [2.75, 3.05) is 26.3 Å². The number of nitrogens with zero attached hydrogens (tertiary/aromatic N) is 4. The van der Waals surface area contributed by atoms with Gasteiger partial charge in [-0.05, 0) is 86.0 Å². The molecule has 2 aliphatic rings. The third kappa shape index (κ3) is 3.85. The molecule has 0 unspecified atom stereocenters. The van der Waals surface area contributed by atoms with Crippen LogP contribution >= 0.6 is 0 Å². The van der Waals surface area contributed by atoms with E-state index in [1.807, 2.05) is 16.9 Å². The van der Waals surface area contributed by atoms with Crippen molar-refractivity contribution in [3.8, 4) is 11.3 Å². The second kappa shape index (κ2) is 8.58. The molecule has 1 N–H and O–H groups in total. The van der Waals surface area contributed by atoms with Crippen LogP contribution < -0.4 is 0 Å². The summed E-state index contributed by atoms with van der Waals surface area (Å²) in [5.74, 6) is 1.08. The molecule has 172 valence electrons. The van der Waals surface area contributed by atoms with Crippen LogP contribution in [0.15, 0.2) is 42.7 Å². The van der Waals surface area contributed by atoms with Gasteiger partial charge in [0.1, 0.15) is 0 Å². The molecule has 2 fully saturated rings. The zero-order chi connectivity index (χ0) is 22.4. The van der Waals surface area contributed by atoms with Crippen LogP contribution in [0, 0.1) is 0 Å². The van der Waals surface area contributed by atoms with Crippen LogP contribution in [0.4, 0.5) is 0 Å². The fourth-order valence-corrected chi connectivity index (χ4v) is 5.94. The number of fused-ring (bicyclic) bond motifs is 2. The van der Waals surface area contributed by atoms with E-state index in [2.05, 4.69) is 64.4 Å². The number of rotatable bonds is 4. The molecule has 6 heteroatoms. The Kier molecular flexibility index (Phi) is 5.43. The molecule has 0 spiro atoms. The Labute approximate surface area is 194 Å². The van der Waals surface area contributed by atoms with Gasteiger partial charge in [-0.2, -0.15) is 0 Å². The minimum Gasteiger partial charge on any atom is -0.381 e. The Balaban J connectivity index is 1.30. The minimum absolute atomic E-state index is 0.429. The molecular weight excluding hydrogens is 410 g/mol. The Morgan fingerprint density at radius 2 is 1.85 bits per heavy atom. The van der Waals surface area contributed by atoms with Crippen molar-refractivity contribution < 1.29 is 4.74 Å². The molecular formula is C27H33N5O. The van der Waals surface area contributed by atoms with E-state index in [1.54, 1.807) is 0 Å². The smallest absolute Gasteiger partial charge is 0.0871 e. The lowest BCUT2D eigenvalue weighted by atomic mass is 9.86. The van der Waals surface area contributed by atoms with E-state index in [-0.39, 0.29) is 0 Å². The monoisotopic (exact) mass is 443 g/mol. The fourth-order valence-electron chi connectivity index (χ4n) is 5.94. The molecule has 2 saturated heterocycles. The molecule has 6 nitrogen and oxygen atoms in total. The van der Waals surface area contributed by atoms with Crippen LogP contribution in [0.3, 0.4) is 0 Å². The van der Waals surface area contributed by atoms with Gasteiger partial charge in [0.25, 0.3) is 0 Å². The lowest BCUT2D eigenvalue weighted by Crippen LogP contribution is -2.43. The Morgan fingerprint density at radius 3 is 2.64 bits per heavy atom. The topological polar surface area (TPSA) is 58.5 Å². The lowest BCUT2D eigenvalue weighted by Gasteiger charge is -2.39. The normalized spacial score (nSPS) is 19.2.